The van der Waals surface area contributed by atoms with Gasteiger partial charge in [0.2, 0.25) is 11.8 Å². The highest BCUT2D eigenvalue weighted by Crippen LogP contribution is 2.37. The van der Waals surface area contributed by atoms with Gasteiger partial charge in [-0.05, 0) is 30.9 Å². The quantitative estimate of drug-likeness (QED) is 0.601. The maximum absolute atomic E-state index is 12.3. The number of aryl methyl sites for hydroxylation is 1. The molecule has 2 fully saturated rings. The molecule has 1 heterocycles. The van der Waals surface area contributed by atoms with Gasteiger partial charge in [-0.15, -0.1) is 0 Å². The summed E-state index contributed by atoms with van der Waals surface area (Å²) in [5.74, 6) is -2.34. The molecule has 2 atom stereocenters. The molecule has 1 aliphatic carbocycles. The van der Waals surface area contributed by atoms with Crippen molar-refractivity contribution < 1.29 is 23.9 Å². The first-order chi connectivity index (χ1) is 13.0. The highest BCUT2D eigenvalue weighted by molar-refractivity contribution is 6.07. The maximum Gasteiger partial charge on any atom is 0.326 e. The van der Waals surface area contributed by atoms with Crippen molar-refractivity contribution in [3.8, 4) is 0 Å². The number of amides is 3. The van der Waals surface area contributed by atoms with Crippen LogP contribution in [0.1, 0.15) is 36.8 Å². The van der Waals surface area contributed by atoms with Crippen molar-refractivity contribution in [2.45, 2.75) is 39.2 Å². The largest absolute Gasteiger partial charge is 0.454 e. The van der Waals surface area contributed by atoms with Gasteiger partial charge in [0.25, 0.3) is 5.91 Å². The number of nitrogens with zero attached hydrogens (tertiary/aromatic N) is 1. The van der Waals surface area contributed by atoms with E-state index >= 15 is 0 Å². The molecule has 3 rings (SSSR count). The van der Waals surface area contributed by atoms with Crippen molar-refractivity contribution in [3.63, 3.8) is 0 Å². The van der Waals surface area contributed by atoms with Crippen LogP contribution in [0.25, 0.3) is 0 Å². The van der Waals surface area contributed by atoms with Crippen molar-refractivity contribution in [3.05, 3.63) is 35.4 Å². The van der Waals surface area contributed by atoms with Gasteiger partial charge in [-0.25, -0.2) is 0 Å². The number of fused-ring (bicyclic) bond motifs is 1. The average molecular weight is 372 g/mol. The van der Waals surface area contributed by atoms with E-state index in [1.165, 1.54) is 0 Å². The van der Waals surface area contributed by atoms with E-state index in [0.29, 0.717) is 19.4 Å². The van der Waals surface area contributed by atoms with Crippen LogP contribution in [0.2, 0.25) is 0 Å². The van der Waals surface area contributed by atoms with Crippen LogP contribution in [0.4, 0.5) is 0 Å². The van der Waals surface area contributed by atoms with Crippen LogP contribution in [-0.4, -0.2) is 41.7 Å². The topological polar surface area (TPSA) is 92.8 Å². The van der Waals surface area contributed by atoms with Crippen molar-refractivity contribution in [2.24, 2.45) is 11.8 Å². The fourth-order valence-electron chi connectivity index (χ4n) is 3.76. The standard InChI is InChI=1S/C20H24N2O5/c1-13-6-2-3-7-14(13)10-21-17(23)12-27-18(24)11-22-19(25)15-8-4-5-9-16(15)20(22)26/h2-3,6-7,15-16H,4-5,8-12H2,1H3,(H,21,23)/t15-,16-/m0/s1. The molecule has 0 unspecified atom stereocenters. The molecular weight excluding hydrogens is 348 g/mol. The van der Waals surface area contributed by atoms with Crippen molar-refractivity contribution in [1.29, 1.82) is 0 Å². The molecule has 1 saturated carbocycles. The van der Waals surface area contributed by atoms with E-state index in [4.69, 9.17) is 4.74 Å². The molecular formula is C20H24N2O5. The van der Waals surface area contributed by atoms with E-state index in [-0.39, 0.29) is 23.7 Å². The number of hydrogen-bond donors (Lipinski definition) is 1. The summed E-state index contributed by atoms with van der Waals surface area (Å²) in [6.07, 6.45) is 3.25. The van der Waals surface area contributed by atoms with Crippen LogP contribution in [0.15, 0.2) is 24.3 Å². The molecule has 27 heavy (non-hydrogen) atoms. The zero-order valence-corrected chi connectivity index (χ0v) is 15.4. The molecule has 7 heteroatoms. The van der Waals surface area contributed by atoms with E-state index in [9.17, 15) is 19.2 Å². The van der Waals surface area contributed by atoms with E-state index < -0.39 is 25.0 Å². The number of ether oxygens (including phenoxy) is 1. The molecule has 7 nitrogen and oxygen atoms in total. The van der Waals surface area contributed by atoms with Gasteiger partial charge in [0, 0.05) is 6.54 Å². The van der Waals surface area contributed by atoms with Gasteiger partial charge in [-0.1, -0.05) is 37.1 Å². The molecule has 0 radical (unpaired) electrons. The van der Waals surface area contributed by atoms with Crippen LogP contribution in [-0.2, 0) is 30.5 Å². The molecule has 2 aliphatic rings. The highest BCUT2D eigenvalue weighted by Gasteiger charge is 2.48. The fourth-order valence-corrected chi connectivity index (χ4v) is 3.76. The Bertz CT molecular complexity index is 736. The summed E-state index contributed by atoms with van der Waals surface area (Å²) < 4.78 is 4.94. The first kappa shape index (κ1) is 19.1. The molecule has 1 saturated heterocycles. The van der Waals surface area contributed by atoms with E-state index in [1.807, 2.05) is 31.2 Å². The third-order valence-electron chi connectivity index (χ3n) is 5.32. The van der Waals surface area contributed by atoms with Gasteiger partial charge < -0.3 is 10.1 Å². The summed E-state index contributed by atoms with van der Waals surface area (Å²) in [7, 11) is 0. The SMILES string of the molecule is Cc1ccccc1CNC(=O)COC(=O)CN1C(=O)[C@H]2CCCC[C@@H]2C1=O. The normalized spacial score (nSPS) is 21.7. The molecule has 0 bridgehead atoms. The zero-order valence-electron chi connectivity index (χ0n) is 15.4. The number of rotatable bonds is 6. The summed E-state index contributed by atoms with van der Waals surface area (Å²) in [4.78, 5) is 49.5. The number of likely N-dealkylation sites (tertiary alicyclic amines) is 1. The van der Waals surface area contributed by atoms with Crippen LogP contribution in [0, 0.1) is 18.8 Å². The smallest absolute Gasteiger partial charge is 0.326 e. The Labute approximate surface area is 158 Å². The fraction of sp³-hybridized carbons (Fsp3) is 0.500. The second-order valence-electron chi connectivity index (χ2n) is 7.12. The average Bonchev–Trinajstić information content (AvgIpc) is 2.91. The van der Waals surface area contributed by atoms with Gasteiger partial charge in [0.05, 0.1) is 11.8 Å². The lowest BCUT2D eigenvalue weighted by Gasteiger charge is -2.19. The number of carbonyl (C=O) groups excluding carboxylic acids is 4. The third kappa shape index (κ3) is 4.35. The van der Waals surface area contributed by atoms with Gasteiger partial charge in [0.1, 0.15) is 6.54 Å². The molecule has 1 aromatic rings. The van der Waals surface area contributed by atoms with Crippen LogP contribution in [0.5, 0.6) is 0 Å². The molecule has 0 aromatic heterocycles. The lowest BCUT2D eigenvalue weighted by molar-refractivity contribution is -0.154. The molecule has 1 aromatic carbocycles. The highest BCUT2D eigenvalue weighted by atomic mass is 16.5. The molecule has 144 valence electrons. The molecule has 1 N–H and O–H groups in total. The number of nitrogens with one attached hydrogen (secondary N) is 1. The summed E-state index contributed by atoms with van der Waals surface area (Å²) in [6, 6.07) is 7.66. The van der Waals surface area contributed by atoms with Gasteiger partial charge in [-0.2, -0.15) is 0 Å². The van der Waals surface area contributed by atoms with Gasteiger partial charge in [0.15, 0.2) is 6.61 Å². The number of hydrogen-bond acceptors (Lipinski definition) is 5. The van der Waals surface area contributed by atoms with Crippen LogP contribution in [0.3, 0.4) is 0 Å². The predicted molar refractivity (Wildman–Crippen MR) is 96.2 cm³/mol. The number of imide groups is 1. The molecule has 1 aliphatic heterocycles. The Hall–Kier alpha value is -2.70. The Morgan fingerprint density at radius 3 is 2.37 bits per heavy atom. The summed E-state index contributed by atoms with van der Waals surface area (Å²) in [5.41, 5.74) is 2.04. The molecule has 0 spiro atoms. The van der Waals surface area contributed by atoms with Crippen molar-refractivity contribution >= 4 is 23.7 Å². The van der Waals surface area contributed by atoms with E-state index in [0.717, 1.165) is 28.9 Å². The Kier molecular flexibility index (Phi) is 5.88. The van der Waals surface area contributed by atoms with Gasteiger partial charge >= 0.3 is 5.97 Å². The number of carbonyl (C=O) groups is 4. The zero-order chi connectivity index (χ0) is 19.4. The number of esters is 1. The lowest BCUT2D eigenvalue weighted by atomic mass is 9.81. The minimum absolute atomic E-state index is 0.286. The van der Waals surface area contributed by atoms with Crippen molar-refractivity contribution in [1.82, 2.24) is 10.2 Å². The third-order valence-corrected chi connectivity index (χ3v) is 5.32. The predicted octanol–water partition coefficient (Wildman–Crippen LogP) is 1.33. The second kappa shape index (κ2) is 8.33. The van der Waals surface area contributed by atoms with Crippen molar-refractivity contribution in [2.75, 3.05) is 13.2 Å². The summed E-state index contributed by atoms with van der Waals surface area (Å²) in [6.45, 7) is 1.43. The summed E-state index contributed by atoms with van der Waals surface area (Å²) in [5, 5.41) is 2.68. The first-order valence-corrected chi connectivity index (χ1v) is 9.29. The second-order valence-corrected chi connectivity index (χ2v) is 7.12. The van der Waals surface area contributed by atoms with Crippen LogP contribution < -0.4 is 5.32 Å². The van der Waals surface area contributed by atoms with Gasteiger partial charge in [-0.3, -0.25) is 24.1 Å². The monoisotopic (exact) mass is 372 g/mol. The first-order valence-electron chi connectivity index (χ1n) is 9.29. The minimum Gasteiger partial charge on any atom is -0.454 e. The Balaban J connectivity index is 1.44. The Morgan fingerprint density at radius 1 is 1.11 bits per heavy atom. The van der Waals surface area contributed by atoms with E-state index in [1.54, 1.807) is 0 Å². The maximum atomic E-state index is 12.3. The molecule has 3 amide bonds. The summed E-state index contributed by atoms with van der Waals surface area (Å²) >= 11 is 0. The van der Waals surface area contributed by atoms with Crippen LogP contribution >= 0.6 is 0 Å². The van der Waals surface area contributed by atoms with E-state index in [2.05, 4.69) is 5.32 Å². The Morgan fingerprint density at radius 2 is 1.74 bits per heavy atom. The number of benzene rings is 1. The lowest BCUT2D eigenvalue weighted by Crippen LogP contribution is -2.38. The minimum atomic E-state index is -0.749.